The third kappa shape index (κ3) is 4.46. The van der Waals surface area contributed by atoms with Crippen molar-refractivity contribution < 1.29 is 41.4 Å². The number of benzene rings is 1. The Bertz CT molecular complexity index is 815. The van der Waals surface area contributed by atoms with Gasteiger partial charge >= 0.3 is 18.4 Å². The molecule has 0 aliphatic carbocycles. The molecule has 0 bridgehead atoms. The van der Waals surface area contributed by atoms with Gasteiger partial charge in [-0.05, 0) is 19.9 Å². The molecule has 1 atom stereocenters. The molecule has 1 aromatic rings. The van der Waals surface area contributed by atoms with Crippen LogP contribution in [-0.4, -0.2) is 48.4 Å². The molecule has 0 aromatic heterocycles. The topological polar surface area (TPSA) is 76.2 Å². The van der Waals surface area contributed by atoms with Gasteiger partial charge in [-0.15, -0.1) is 0 Å². The van der Waals surface area contributed by atoms with E-state index in [9.17, 15) is 31.9 Å². The molecule has 0 radical (unpaired) electrons. The first kappa shape index (κ1) is 21.7. The fraction of sp³-hybridized carbons (Fsp3) is 0.438. The van der Waals surface area contributed by atoms with Crippen LogP contribution in [0.15, 0.2) is 12.1 Å². The molecule has 1 aliphatic heterocycles. The first-order valence-electron chi connectivity index (χ1n) is 7.87. The second-order valence-electron chi connectivity index (χ2n) is 6.14. The maximum Gasteiger partial charge on any atom is 0.514 e. The number of hydrogen-bond acceptors (Lipinski definition) is 5. The van der Waals surface area contributed by atoms with E-state index in [2.05, 4.69) is 0 Å². The number of carbonyl (C=O) groups is 3. The first-order chi connectivity index (χ1) is 12.8. The van der Waals surface area contributed by atoms with Crippen molar-refractivity contribution in [3.05, 3.63) is 23.0 Å². The van der Waals surface area contributed by atoms with Gasteiger partial charge in [0.05, 0.1) is 23.2 Å². The summed E-state index contributed by atoms with van der Waals surface area (Å²) < 4.78 is 62.8. The number of anilines is 1. The molecule has 12 heteroatoms. The normalized spacial score (nSPS) is 18.0. The summed E-state index contributed by atoms with van der Waals surface area (Å²) >= 11 is 5.79. The fourth-order valence-electron chi connectivity index (χ4n) is 2.44. The highest BCUT2D eigenvalue weighted by Gasteiger charge is 2.51. The molecule has 1 unspecified atom stereocenters. The SMILES string of the molecule is CC(C)OC(=O)Oc1cc(N2C(=O)CC(C(F)(F)F)N(C)C2=O)c(F)cc1Cl. The number of imide groups is 1. The Morgan fingerprint density at radius 3 is 2.43 bits per heavy atom. The fourth-order valence-corrected chi connectivity index (χ4v) is 2.63. The molecule has 28 heavy (non-hydrogen) atoms. The van der Waals surface area contributed by atoms with E-state index in [1.54, 1.807) is 0 Å². The third-order valence-corrected chi connectivity index (χ3v) is 4.02. The Morgan fingerprint density at radius 2 is 1.89 bits per heavy atom. The molecule has 7 nitrogen and oxygen atoms in total. The number of halogens is 5. The van der Waals surface area contributed by atoms with E-state index in [0.717, 1.165) is 13.1 Å². The summed E-state index contributed by atoms with van der Waals surface area (Å²) in [6.07, 6.45) is -7.65. The maximum absolute atomic E-state index is 14.3. The molecule has 0 saturated carbocycles. The van der Waals surface area contributed by atoms with Gasteiger partial charge in [-0.1, -0.05) is 11.6 Å². The van der Waals surface area contributed by atoms with E-state index in [1.165, 1.54) is 13.8 Å². The highest BCUT2D eigenvalue weighted by Crippen LogP contribution is 2.37. The molecule has 2 rings (SSSR count). The number of rotatable bonds is 3. The van der Waals surface area contributed by atoms with Crippen LogP contribution in [0.5, 0.6) is 5.75 Å². The van der Waals surface area contributed by atoms with E-state index < -0.39 is 60.1 Å². The van der Waals surface area contributed by atoms with Crippen molar-refractivity contribution in [1.29, 1.82) is 0 Å². The summed E-state index contributed by atoms with van der Waals surface area (Å²) in [4.78, 5) is 36.6. The summed E-state index contributed by atoms with van der Waals surface area (Å²) in [6.45, 7) is 3.08. The Hall–Kier alpha value is -2.56. The Balaban J connectivity index is 2.39. The van der Waals surface area contributed by atoms with Crippen LogP contribution in [0.25, 0.3) is 0 Å². The Kier molecular flexibility index (Phi) is 6.07. The summed E-state index contributed by atoms with van der Waals surface area (Å²) in [6, 6.07) is -2.31. The van der Waals surface area contributed by atoms with E-state index in [4.69, 9.17) is 21.1 Å². The van der Waals surface area contributed by atoms with Gasteiger partial charge in [0.1, 0.15) is 11.9 Å². The lowest BCUT2D eigenvalue weighted by Gasteiger charge is -2.38. The number of alkyl halides is 3. The van der Waals surface area contributed by atoms with E-state index in [-0.39, 0.29) is 14.8 Å². The quantitative estimate of drug-likeness (QED) is 0.413. The Morgan fingerprint density at radius 1 is 1.29 bits per heavy atom. The van der Waals surface area contributed by atoms with Crippen molar-refractivity contribution in [2.24, 2.45) is 0 Å². The zero-order chi connectivity index (χ0) is 21.4. The minimum atomic E-state index is -4.83. The third-order valence-electron chi connectivity index (χ3n) is 3.72. The predicted molar refractivity (Wildman–Crippen MR) is 88.8 cm³/mol. The zero-order valence-electron chi connectivity index (χ0n) is 14.8. The summed E-state index contributed by atoms with van der Waals surface area (Å²) in [5, 5.41) is -0.375. The number of hydrogen-bond donors (Lipinski definition) is 0. The van der Waals surface area contributed by atoms with Crippen LogP contribution in [0.4, 0.5) is 32.8 Å². The lowest BCUT2D eigenvalue weighted by molar-refractivity contribution is -0.179. The molecular formula is C16H15ClF4N2O5. The van der Waals surface area contributed by atoms with Gasteiger partial charge in [0.25, 0.3) is 0 Å². The van der Waals surface area contributed by atoms with Crippen molar-refractivity contribution >= 4 is 35.4 Å². The molecule has 1 saturated heterocycles. The van der Waals surface area contributed by atoms with Crippen LogP contribution in [-0.2, 0) is 9.53 Å². The number of nitrogens with zero attached hydrogens (tertiary/aromatic N) is 2. The van der Waals surface area contributed by atoms with Gasteiger partial charge < -0.3 is 14.4 Å². The lowest BCUT2D eigenvalue weighted by Crippen LogP contribution is -2.60. The number of urea groups is 1. The summed E-state index contributed by atoms with van der Waals surface area (Å²) in [5.74, 6) is -2.89. The lowest BCUT2D eigenvalue weighted by atomic mass is 10.1. The van der Waals surface area contributed by atoms with Crippen LogP contribution in [0.2, 0.25) is 5.02 Å². The van der Waals surface area contributed by atoms with E-state index in [1.807, 2.05) is 0 Å². The van der Waals surface area contributed by atoms with Crippen LogP contribution in [0, 0.1) is 5.82 Å². The molecule has 154 valence electrons. The largest absolute Gasteiger partial charge is 0.514 e. The molecule has 0 N–H and O–H groups in total. The molecule has 1 fully saturated rings. The van der Waals surface area contributed by atoms with Crippen LogP contribution < -0.4 is 9.64 Å². The van der Waals surface area contributed by atoms with Crippen LogP contribution in [0.1, 0.15) is 20.3 Å². The van der Waals surface area contributed by atoms with E-state index >= 15 is 0 Å². The van der Waals surface area contributed by atoms with Crippen LogP contribution >= 0.6 is 11.6 Å². The molecule has 1 aromatic carbocycles. The minimum absolute atomic E-state index is 0.231. The number of carbonyl (C=O) groups excluding carboxylic acids is 3. The highest BCUT2D eigenvalue weighted by atomic mass is 35.5. The minimum Gasteiger partial charge on any atom is -0.431 e. The second kappa shape index (κ2) is 7.82. The smallest absolute Gasteiger partial charge is 0.431 e. The van der Waals surface area contributed by atoms with Gasteiger partial charge in [0.2, 0.25) is 5.91 Å². The average Bonchev–Trinajstić information content (AvgIpc) is 2.53. The molecule has 1 heterocycles. The maximum atomic E-state index is 14.3. The number of amides is 3. The molecular weight excluding hydrogens is 412 g/mol. The van der Waals surface area contributed by atoms with Gasteiger partial charge in [0.15, 0.2) is 5.75 Å². The van der Waals surface area contributed by atoms with Crippen molar-refractivity contribution in [1.82, 2.24) is 4.90 Å². The molecule has 3 amide bonds. The summed E-state index contributed by atoms with van der Waals surface area (Å²) in [7, 11) is 0.838. The number of ether oxygens (including phenoxy) is 2. The van der Waals surface area contributed by atoms with Gasteiger partial charge in [-0.2, -0.15) is 13.2 Å². The highest BCUT2D eigenvalue weighted by molar-refractivity contribution is 6.32. The van der Waals surface area contributed by atoms with Crippen molar-refractivity contribution in [2.75, 3.05) is 11.9 Å². The Labute approximate surface area is 161 Å². The standard InChI is InChI=1S/C16H15ClF4N2O5/c1-7(2)27-15(26)28-11-5-10(9(18)4-8(11)17)23-13(24)6-12(16(19,20)21)22(3)14(23)25/h4-5,7,12H,6H2,1-3H3. The average molecular weight is 427 g/mol. The van der Waals surface area contributed by atoms with Crippen molar-refractivity contribution in [2.45, 2.75) is 38.6 Å². The zero-order valence-corrected chi connectivity index (χ0v) is 15.6. The second-order valence-corrected chi connectivity index (χ2v) is 6.54. The van der Waals surface area contributed by atoms with Crippen molar-refractivity contribution in [3.8, 4) is 5.75 Å². The monoisotopic (exact) mass is 426 g/mol. The predicted octanol–water partition coefficient (Wildman–Crippen LogP) is 4.12. The molecule has 0 spiro atoms. The van der Waals surface area contributed by atoms with Gasteiger partial charge in [-0.25, -0.2) is 18.9 Å². The van der Waals surface area contributed by atoms with Gasteiger partial charge in [0, 0.05) is 13.1 Å². The molecule has 1 aliphatic rings. The first-order valence-corrected chi connectivity index (χ1v) is 8.24. The van der Waals surface area contributed by atoms with E-state index in [0.29, 0.717) is 6.07 Å². The summed E-state index contributed by atoms with van der Waals surface area (Å²) in [5.41, 5.74) is -0.709. The van der Waals surface area contributed by atoms with Crippen molar-refractivity contribution in [3.63, 3.8) is 0 Å². The van der Waals surface area contributed by atoms with Gasteiger partial charge in [-0.3, -0.25) is 4.79 Å². The van der Waals surface area contributed by atoms with Crippen LogP contribution in [0.3, 0.4) is 0 Å².